The van der Waals surface area contributed by atoms with Crippen molar-refractivity contribution in [3.63, 3.8) is 0 Å². The molecule has 0 spiro atoms. The number of hydrogen-bond donors (Lipinski definition) is 3. The van der Waals surface area contributed by atoms with E-state index >= 15 is 0 Å². The summed E-state index contributed by atoms with van der Waals surface area (Å²) in [6, 6.07) is 3.15. The van der Waals surface area contributed by atoms with Gasteiger partial charge in [-0.1, -0.05) is 0 Å². The Labute approximate surface area is 116 Å². The number of carboxylic acid groups (broad SMARTS) is 1. The second-order valence-corrected chi connectivity index (χ2v) is 6.51. The topological polar surface area (TPSA) is 121 Å². The highest BCUT2D eigenvalue weighted by atomic mass is 32.2. The summed E-state index contributed by atoms with van der Waals surface area (Å²) in [6.07, 6.45) is 1.19. The molecule has 7 nitrogen and oxygen atoms in total. The maximum absolute atomic E-state index is 12.6. The summed E-state index contributed by atoms with van der Waals surface area (Å²) in [6.45, 7) is -0.0225. The van der Waals surface area contributed by atoms with E-state index in [1.54, 1.807) is 0 Å². The van der Waals surface area contributed by atoms with Crippen molar-refractivity contribution in [2.75, 3.05) is 18.9 Å². The average Bonchev–Trinajstić information content (AvgIpc) is 2.87. The van der Waals surface area contributed by atoms with Crippen LogP contribution < -0.4 is 5.73 Å². The Morgan fingerprint density at radius 1 is 1.45 bits per heavy atom. The molecule has 1 atom stereocenters. The Kier molecular flexibility index (Phi) is 3.98. The zero-order valence-corrected chi connectivity index (χ0v) is 11.5. The van der Waals surface area contributed by atoms with E-state index in [9.17, 15) is 18.3 Å². The third kappa shape index (κ3) is 2.49. The van der Waals surface area contributed by atoms with E-state index in [0.717, 1.165) is 10.4 Å². The average molecular weight is 300 g/mol. The van der Waals surface area contributed by atoms with Gasteiger partial charge in [-0.05, 0) is 31.0 Å². The van der Waals surface area contributed by atoms with Crippen LogP contribution in [0, 0.1) is 0 Å². The number of aliphatic hydroxyl groups is 1. The van der Waals surface area contributed by atoms with E-state index in [1.165, 1.54) is 12.1 Å². The number of nitrogens with zero attached hydrogens (tertiary/aromatic N) is 1. The molecule has 1 aliphatic heterocycles. The predicted octanol–water partition coefficient (Wildman–Crippen LogP) is 0.112. The molecule has 1 aliphatic rings. The molecule has 0 aliphatic carbocycles. The SMILES string of the molecule is Nc1ccc(C(=O)O)c(S(=O)(=O)N2CCC[C@@H]2CO)c1. The molecule has 0 aromatic heterocycles. The number of carbonyl (C=O) groups is 1. The van der Waals surface area contributed by atoms with Gasteiger partial charge in [0.2, 0.25) is 10.0 Å². The standard InChI is InChI=1S/C12H16N2O5S/c13-8-3-4-10(12(16)17)11(6-8)20(18,19)14-5-1-2-9(14)7-15/h3-4,6,9,15H,1-2,5,7,13H2,(H,16,17)/t9-/m1/s1. The molecule has 0 unspecified atom stereocenters. The number of rotatable bonds is 4. The maximum atomic E-state index is 12.6. The summed E-state index contributed by atoms with van der Waals surface area (Å²) >= 11 is 0. The van der Waals surface area contributed by atoms with E-state index in [4.69, 9.17) is 10.8 Å². The van der Waals surface area contributed by atoms with Crippen LogP contribution in [-0.4, -0.2) is 48.1 Å². The van der Waals surface area contributed by atoms with Gasteiger partial charge in [-0.3, -0.25) is 0 Å². The van der Waals surface area contributed by atoms with E-state index < -0.39 is 22.0 Å². The maximum Gasteiger partial charge on any atom is 0.337 e. The number of carboxylic acids is 1. The Morgan fingerprint density at radius 3 is 2.75 bits per heavy atom. The lowest BCUT2D eigenvalue weighted by Crippen LogP contribution is -2.38. The summed E-state index contributed by atoms with van der Waals surface area (Å²) in [5.41, 5.74) is 5.42. The van der Waals surface area contributed by atoms with Crippen LogP contribution >= 0.6 is 0 Å². The van der Waals surface area contributed by atoms with Crippen molar-refractivity contribution >= 4 is 21.7 Å². The molecular weight excluding hydrogens is 284 g/mol. The van der Waals surface area contributed by atoms with Gasteiger partial charge in [-0.2, -0.15) is 4.31 Å². The van der Waals surface area contributed by atoms with Crippen molar-refractivity contribution in [1.82, 2.24) is 4.31 Å². The van der Waals surface area contributed by atoms with Gasteiger partial charge >= 0.3 is 5.97 Å². The number of benzene rings is 1. The summed E-state index contributed by atoms with van der Waals surface area (Å²) in [7, 11) is -3.99. The smallest absolute Gasteiger partial charge is 0.337 e. The number of aliphatic hydroxyl groups excluding tert-OH is 1. The molecule has 1 heterocycles. The first-order valence-electron chi connectivity index (χ1n) is 6.13. The molecule has 8 heteroatoms. The quantitative estimate of drug-likeness (QED) is 0.679. The van der Waals surface area contributed by atoms with Crippen molar-refractivity contribution < 1.29 is 23.4 Å². The molecule has 1 aromatic rings. The van der Waals surface area contributed by atoms with Gasteiger partial charge in [-0.25, -0.2) is 13.2 Å². The van der Waals surface area contributed by atoms with Gasteiger partial charge < -0.3 is 15.9 Å². The molecule has 0 amide bonds. The lowest BCUT2D eigenvalue weighted by atomic mass is 10.2. The van der Waals surface area contributed by atoms with Gasteiger partial charge in [0.05, 0.1) is 17.1 Å². The summed E-state index contributed by atoms with van der Waals surface area (Å²) in [5, 5.41) is 18.3. The number of aromatic carboxylic acids is 1. The molecule has 1 saturated heterocycles. The Morgan fingerprint density at radius 2 is 2.15 bits per heavy atom. The number of sulfonamides is 1. The van der Waals surface area contributed by atoms with Crippen molar-refractivity contribution in [1.29, 1.82) is 0 Å². The fourth-order valence-electron chi connectivity index (χ4n) is 2.36. The highest BCUT2D eigenvalue weighted by Crippen LogP contribution is 2.29. The van der Waals surface area contributed by atoms with Crippen LogP contribution in [-0.2, 0) is 10.0 Å². The highest BCUT2D eigenvalue weighted by Gasteiger charge is 2.37. The fraction of sp³-hybridized carbons (Fsp3) is 0.417. The number of hydrogen-bond acceptors (Lipinski definition) is 5. The van der Waals surface area contributed by atoms with Crippen molar-refractivity contribution in [2.45, 2.75) is 23.8 Å². The summed E-state index contributed by atoms with van der Waals surface area (Å²) in [5.74, 6) is -1.33. The van der Waals surface area contributed by atoms with Gasteiger partial charge in [0.15, 0.2) is 0 Å². The predicted molar refractivity (Wildman–Crippen MR) is 71.8 cm³/mol. The van der Waals surface area contributed by atoms with E-state index in [2.05, 4.69) is 0 Å². The minimum absolute atomic E-state index is 0.174. The van der Waals surface area contributed by atoms with Crippen LogP contribution in [0.25, 0.3) is 0 Å². The molecule has 0 saturated carbocycles. The van der Waals surface area contributed by atoms with Crippen LogP contribution in [0.1, 0.15) is 23.2 Å². The minimum atomic E-state index is -3.99. The lowest BCUT2D eigenvalue weighted by molar-refractivity contribution is 0.0692. The van der Waals surface area contributed by atoms with Crippen LogP contribution in [0.3, 0.4) is 0 Å². The van der Waals surface area contributed by atoms with Gasteiger partial charge in [0.1, 0.15) is 0 Å². The summed E-state index contributed by atoms with van der Waals surface area (Å²) < 4.78 is 26.3. The third-order valence-electron chi connectivity index (χ3n) is 3.36. The third-order valence-corrected chi connectivity index (χ3v) is 5.35. The normalized spacial score (nSPS) is 20.1. The van der Waals surface area contributed by atoms with E-state index in [0.29, 0.717) is 12.8 Å². The zero-order valence-electron chi connectivity index (χ0n) is 10.7. The molecule has 0 bridgehead atoms. The first-order valence-corrected chi connectivity index (χ1v) is 7.57. The molecule has 4 N–H and O–H groups in total. The van der Waals surface area contributed by atoms with Gasteiger partial charge in [0, 0.05) is 18.3 Å². The lowest BCUT2D eigenvalue weighted by Gasteiger charge is -2.23. The molecule has 0 radical (unpaired) electrons. The van der Waals surface area contributed by atoms with E-state index in [-0.39, 0.29) is 29.3 Å². The Bertz CT molecular complexity index is 629. The Hall–Kier alpha value is -1.64. The largest absolute Gasteiger partial charge is 0.478 e. The molecule has 1 aromatic carbocycles. The second-order valence-electron chi connectivity index (χ2n) is 4.66. The van der Waals surface area contributed by atoms with Crippen molar-refractivity contribution in [3.8, 4) is 0 Å². The molecule has 20 heavy (non-hydrogen) atoms. The van der Waals surface area contributed by atoms with Crippen molar-refractivity contribution in [3.05, 3.63) is 23.8 Å². The number of anilines is 1. The molecule has 1 fully saturated rings. The first-order chi connectivity index (χ1) is 9.37. The van der Waals surface area contributed by atoms with E-state index in [1.807, 2.05) is 0 Å². The van der Waals surface area contributed by atoms with Crippen molar-refractivity contribution in [2.24, 2.45) is 0 Å². The van der Waals surface area contributed by atoms with Gasteiger partial charge in [-0.15, -0.1) is 0 Å². The molecule has 2 rings (SSSR count). The first kappa shape index (κ1) is 14.8. The molecule has 110 valence electrons. The summed E-state index contributed by atoms with van der Waals surface area (Å²) in [4.78, 5) is 10.8. The van der Waals surface area contributed by atoms with Crippen LogP contribution in [0.4, 0.5) is 5.69 Å². The zero-order chi connectivity index (χ0) is 14.9. The second kappa shape index (κ2) is 5.39. The number of nitrogens with two attached hydrogens (primary N) is 1. The van der Waals surface area contributed by atoms with Crippen LogP contribution in [0.5, 0.6) is 0 Å². The van der Waals surface area contributed by atoms with Gasteiger partial charge in [0.25, 0.3) is 0 Å². The van der Waals surface area contributed by atoms with Crippen LogP contribution in [0.15, 0.2) is 23.1 Å². The molecular formula is C12H16N2O5S. The highest BCUT2D eigenvalue weighted by molar-refractivity contribution is 7.89. The number of nitrogen functional groups attached to an aromatic ring is 1. The minimum Gasteiger partial charge on any atom is -0.478 e. The Balaban J connectivity index is 2.54. The van der Waals surface area contributed by atoms with Crippen LogP contribution in [0.2, 0.25) is 0 Å². The fourth-order valence-corrected chi connectivity index (χ4v) is 4.27. The monoisotopic (exact) mass is 300 g/mol.